The molecule has 0 saturated carbocycles. The Kier molecular flexibility index (Phi) is 5.22. The third-order valence-electron chi connectivity index (χ3n) is 3.82. The largest absolute Gasteiger partial charge is 0.324 e. The summed E-state index contributed by atoms with van der Waals surface area (Å²) in [5.41, 5.74) is 2.75. The third kappa shape index (κ3) is 4.22. The van der Waals surface area contributed by atoms with E-state index < -0.39 is 0 Å². The Morgan fingerprint density at radius 1 is 1.04 bits per heavy atom. The molecule has 0 aliphatic carbocycles. The van der Waals surface area contributed by atoms with Crippen molar-refractivity contribution in [3.8, 4) is 0 Å². The van der Waals surface area contributed by atoms with Crippen molar-refractivity contribution in [1.29, 1.82) is 0 Å². The van der Waals surface area contributed by atoms with Crippen molar-refractivity contribution < 1.29 is 9.18 Å². The highest BCUT2D eigenvalue weighted by Gasteiger charge is 2.11. The van der Waals surface area contributed by atoms with Gasteiger partial charge in [0.25, 0.3) is 5.91 Å². The number of rotatable bonds is 5. The number of hydrogen-bond acceptors (Lipinski definition) is 4. The van der Waals surface area contributed by atoms with Gasteiger partial charge >= 0.3 is 0 Å². The highest BCUT2D eigenvalue weighted by molar-refractivity contribution is 6.02. The first-order valence-electron chi connectivity index (χ1n) is 8.29. The summed E-state index contributed by atoms with van der Waals surface area (Å²) >= 11 is 0. The molecule has 0 atom stereocenters. The molecule has 132 valence electrons. The number of carbonyl (C=O) groups is 1. The van der Waals surface area contributed by atoms with Gasteiger partial charge in [-0.2, -0.15) is 0 Å². The molecule has 0 radical (unpaired) electrons. The van der Waals surface area contributed by atoms with Gasteiger partial charge in [-0.1, -0.05) is 32.0 Å². The van der Waals surface area contributed by atoms with Crippen molar-refractivity contribution in [2.45, 2.75) is 19.8 Å². The van der Waals surface area contributed by atoms with Crippen LogP contribution in [0.5, 0.6) is 0 Å². The first kappa shape index (κ1) is 17.5. The van der Waals surface area contributed by atoms with E-state index in [2.05, 4.69) is 34.4 Å². The second kappa shape index (κ2) is 7.74. The van der Waals surface area contributed by atoms with E-state index in [0.29, 0.717) is 17.6 Å². The average Bonchev–Trinajstić information content (AvgIpc) is 2.64. The summed E-state index contributed by atoms with van der Waals surface area (Å²) in [6.07, 6.45) is 1.52. The van der Waals surface area contributed by atoms with Gasteiger partial charge in [-0.05, 0) is 47.9 Å². The van der Waals surface area contributed by atoms with E-state index in [4.69, 9.17) is 0 Å². The second-order valence-electron chi connectivity index (χ2n) is 6.09. The Hall–Kier alpha value is -3.28. The molecule has 1 amide bonds. The number of benzene rings is 2. The molecule has 0 bridgehead atoms. The van der Waals surface area contributed by atoms with Crippen LogP contribution in [0.4, 0.5) is 21.7 Å². The molecule has 3 aromatic rings. The van der Waals surface area contributed by atoms with Crippen molar-refractivity contribution in [2.24, 2.45) is 0 Å². The van der Waals surface area contributed by atoms with Gasteiger partial charge in [0, 0.05) is 17.6 Å². The van der Waals surface area contributed by atoms with Crippen LogP contribution in [0, 0.1) is 5.82 Å². The van der Waals surface area contributed by atoms with Crippen LogP contribution >= 0.6 is 0 Å². The zero-order valence-electron chi connectivity index (χ0n) is 14.5. The molecule has 0 unspecified atom stereocenters. The van der Waals surface area contributed by atoms with Crippen molar-refractivity contribution in [2.75, 3.05) is 10.6 Å². The summed E-state index contributed by atoms with van der Waals surface area (Å²) in [5.74, 6) is -0.0759. The third-order valence-corrected chi connectivity index (χ3v) is 3.82. The predicted molar refractivity (Wildman–Crippen MR) is 100 cm³/mol. The van der Waals surface area contributed by atoms with Crippen LogP contribution in [-0.4, -0.2) is 15.9 Å². The van der Waals surface area contributed by atoms with E-state index in [9.17, 15) is 9.18 Å². The maximum atomic E-state index is 13.0. The smallest absolute Gasteiger partial charge is 0.274 e. The molecule has 0 aliphatic rings. The topological polar surface area (TPSA) is 66.9 Å². The van der Waals surface area contributed by atoms with E-state index in [1.54, 1.807) is 0 Å². The van der Waals surface area contributed by atoms with Gasteiger partial charge in [-0.3, -0.25) is 4.79 Å². The maximum Gasteiger partial charge on any atom is 0.274 e. The lowest BCUT2D eigenvalue weighted by atomic mass is 10.0. The Morgan fingerprint density at radius 3 is 2.50 bits per heavy atom. The van der Waals surface area contributed by atoms with Gasteiger partial charge in [0.2, 0.25) is 5.95 Å². The molecule has 5 nitrogen and oxygen atoms in total. The molecular weight excluding hydrogens is 331 g/mol. The zero-order valence-corrected chi connectivity index (χ0v) is 14.5. The van der Waals surface area contributed by atoms with E-state index in [1.165, 1.54) is 36.5 Å². The summed E-state index contributed by atoms with van der Waals surface area (Å²) in [6.45, 7) is 4.21. The minimum atomic E-state index is -0.390. The average molecular weight is 350 g/mol. The van der Waals surface area contributed by atoms with Crippen LogP contribution in [0.1, 0.15) is 35.8 Å². The van der Waals surface area contributed by atoms with Gasteiger partial charge in [-0.25, -0.2) is 14.4 Å². The van der Waals surface area contributed by atoms with Crippen LogP contribution in [0.2, 0.25) is 0 Å². The summed E-state index contributed by atoms with van der Waals surface area (Å²) in [6, 6.07) is 15.0. The standard InChI is InChI=1S/C20H19FN4O/c1-13(2)16-5-3-4-6-17(16)24-20-22-12-11-18(25-20)19(26)23-15-9-7-14(21)8-10-15/h3-13H,1-2H3,(H,23,26)(H,22,24,25). The molecule has 1 aromatic heterocycles. The van der Waals surface area contributed by atoms with Gasteiger partial charge in [-0.15, -0.1) is 0 Å². The lowest BCUT2D eigenvalue weighted by Gasteiger charge is -2.13. The summed E-state index contributed by atoms with van der Waals surface area (Å²) in [4.78, 5) is 20.8. The van der Waals surface area contributed by atoms with Crippen LogP contribution < -0.4 is 10.6 Å². The molecule has 26 heavy (non-hydrogen) atoms. The van der Waals surface area contributed by atoms with Crippen molar-refractivity contribution in [1.82, 2.24) is 9.97 Å². The molecule has 0 saturated heterocycles. The fourth-order valence-corrected chi connectivity index (χ4v) is 2.51. The Morgan fingerprint density at radius 2 is 1.77 bits per heavy atom. The SMILES string of the molecule is CC(C)c1ccccc1Nc1nccc(C(=O)Nc2ccc(F)cc2)n1. The highest BCUT2D eigenvalue weighted by Crippen LogP contribution is 2.25. The number of anilines is 3. The van der Waals surface area contributed by atoms with Crippen molar-refractivity contribution in [3.05, 3.63) is 77.9 Å². The molecule has 0 aliphatic heterocycles. The lowest BCUT2D eigenvalue weighted by Crippen LogP contribution is -2.15. The zero-order chi connectivity index (χ0) is 18.5. The van der Waals surface area contributed by atoms with Crippen molar-refractivity contribution >= 4 is 23.2 Å². The molecule has 0 fully saturated rings. The number of carbonyl (C=O) groups excluding carboxylic acids is 1. The monoisotopic (exact) mass is 350 g/mol. The molecule has 3 rings (SSSR count). The molecule has 6 heteroatoms. The molecule has 1 heterocycles. The summed E-state index contributed by atoms with van der Waals surface area (Å²) in [7, 11) is 0. The number of hydrogen-bond donors (Lipinski definition) is 2. The first-order valence-corrected chi connectivity index (χ1v) is 8.29. The predicted octanol–water partition coefficient (Wildman–Crippen LogP) is 4.74. The number of halogens is 1. The molecule has 2 N–H and O–H groups in total. The fraction of sp³-hybridized carbons (Fsp3) is 0.150. The quantitative estimate of drug-likeness (QED) is 0.698. The van der Waals surface area contributed by atoms with E-state index in [-0.39, 0.29) is 17.4 Å². The number of nitrogens with one attached hydrogen (secondary N) is 2. The minimum absolute atomic E-state index is 0.217. The van der Waals surface area contributed by atoms with E-state index >= 15 is 0 Å². The van der Waals surface area contributed by atoms with Gasteiger partial charge < -0.3 is 10.6 Å². The maximum absolute atomic E-state index is 13.0. The molecular formula is C20H19FN4O. The number of aromatic nitrogens is 2. The fourth-order valence-electron chi connectivity index (χ4n) is 2.51. The second-order valence-corrected chi connectivity index (χ2v) is 6.09. The minimum Gasteiger partial charge on any atom is -0.324 e. The highest BCUT2D eigenvalue weighted by atomic mass is 19.1. The van der Waals surface area contributed by atoms with E-state index in [0.717, 1.165) is 11.3 Å². The van der Waals surface area contributed by atoms with Gasteiger partial charge in [0.05, 0.1) is 0 Å². The van der Waals surface area contributed by atoms with Crippen molar-refractivity contribution in [3.63, 3.8) is 0 Å². The first-order chi connectivity index (χ1) is 12.5. The van der Waals surface area contributed by atoms with Crippen LogP contribution in [-0.2, 0) is 0 Å². The van der Waals surface area contributed by atoms with Crippen LogP contribution in [0.25, 0.3) is 0 Å². The van der Waals surface area contributed by atoms with Crippen LogP contribution in [0.15, 0.2) is 60.8 Å². The number of nitrogens with zero attached hydrogens (tertiary/aromatic N) is 2. The summed E-state index contributed by atoms with van der Waals surface area (Å²) in [5, 5.41) is 5.85. The Balaban J connectivity index is 1.78. The normalized spacial score (nSPS) is 10.6. The molecule has 2 aromatic carbocycles. The van der Waals surface area contributed by atoms with Gasteiger partial charge in [0.15, 0.2) is 0 Å². The summed E-state index contributed by atoms with van der Waals surface area (Å²) < 4.78 is 13.0. The van der Waals surface area contributed by atoms with E-state index in [1.807, 2.05) is 24.3 Å². The van der Waals surface area contributed by atoms with Crippen LogP contribution in [0.3, 0.4) is 0 Å². The number of amides is 1. The number of para-hydroxylation sites is 1. The Bertz CT molecular complexity index is 910. The van der Waals surface area contributed by atoms with Gasteiger partial charge in [0.1, 0.15) is 11.5 Å². The lowest BCUT2D eigenvalue weighted by molar-refractivity contribution is 0.102. The molecule has 0 spiro atoms. The Labute approximate surface area is 151 Å².